The van der Waals surface area contributed by atoms with E-state index < -0.39 is 5.41 Å². The van der Waals surface area contributed by atoms with Gasteiger partial charge in [0, 0.05) is 55.5 Å². The number of ether oxygens (including phenoxy) is 3. The molecule has 0 unspecified atom stereocenters. The molecule has 248 valence electrons. The first-order chi connectivity index (χ1) is 22.9. The fraction of sp³-hybridized carbons (Fsp3) is 0.500. The quantitative estimate of drug-likeness (QED) is 0.210. The Balaban J connectivity index is 0.985. The van der Waals surface area contributed by atoms with Gasteiger partial charge in [0.2, 0.25) is 5.95 Å². The third-order valence-corrected chi connectivity index (χ3v) is 9.97. The van der Waals surface area contributed by atoms with Crippen molar-refractivity contribution < 1.29 is 19.0 Å². The number of anilines is 2. The van der Waals surface area contributed by atoms with Crippen LogP contribution in [-0.2, 0) is 33.7 Å². The van der Waals surface area contributed by atoms with E-state index in [2.05, 4.69) is 28.0 Å². The molecule has 0 atom stereocenters. The van der Waals surface area contributed by atoms with Crippen molar-refractivity contribution in [1.82, 2.24) is 14.9 Å². The largest absolute Gasteiger partial charge is 0.489 e. The van der Waals surface area contributed by atoms with Gasteiger partial charge < -0.3 is 24.8 Å². The fourth-order valence-electron chi connectivity index (χ4n) is 6.90. The van der Waals surface area contributed by atoms with Crippen molar-refractivity contribution in [2.24, 2.45) is 11.3 Å². The van der Waals surface area contributed by atoms with Gasteiger partial charge >= 0.3 is 5.97 Å². The summed E-state index contributed by atoms with van der Waals surface area (Å²) in [6.07, 6.45) is 4.44. The van der Waals surface area contributed by atoms with Crippen LogP contribution in [0.15, 0.2) is 42.5 Å². The summed E-state index contributed by atoms with van der Waals surface area (Å²) < 4.78 is 17.3. The molecule has 0 spiro atoms. The van der Waals surface area contributed by atoms with E-state index in [-0.39, 0.29) is 5.97 Å². The van der Waals surface area contributed by atoms with Crippen molar-refractivity contribution in [3.8, 4) is 23.1 Å². The van der Waals surface area contributed by atoms with E-state index in [0.717, 1.165) is 92.4 Å². The second-order valence-corrected chi connectivity index (χ2v) is 13.2. The van der Waals surface area contributed by atoms with Crippen molar-refractivity contribution in [3.05, 3.63) is 64.2 Å². The molecule has 2 heterocycles. The molecule has 3 aliphatic rings. The number of hydrogen-bond donors (Lipinski definition) is 1. The highest BCUT2D eigenvalue weighted by molar-refractivity contribution is 6.30. The minimum Gasteiger partial charge on any atom is -0.489 e. The smallest absolute Gasteiger partial charge is 0.326 e. The zero-order chi connectivity index (χ0) is 32.8. The molecule has 11 heteroatoms. The van der Waals surface area contributed by atoms with Crippen molar-refractivity contribution in [1.29, 1.82) is 5.26 Å². The number of nitrogens with zero attached hydrogens (tertiary/aromatic N) is 5. The van der Waals surface area contributed by atoms with Crippen LogP contribution in [0.25, 0.3) is 11.3 Å². The van der Waals surface area contributed by atoms with Crippen LogP contribution in [-0.4, -0.2) is 73.4 Å². The Morgan fingerprint density at radius 2 is 1.85 bits per heavy atom. The number of aromatic nitrogens is 2. The van der Waals surface area contributed by atoms with Gasteiger partial charge in [-0.2, -0.15) is 10.2 Å². The van der Waals surface area contributed by atoms with E-state index in [1.54, 1.807) is 6.92 Å². The SMILES string of the molecule is CCOC(=O)C1(C#N)CCC(COCCN2CCN(c3nc(N)nc4c3CCc3cc(OCc5ccc(Cl)cc5)ccc3-4)CC2)CC1. The van der Waals surface area contributed by atoms with Crippen molar-refractivity contribution in [2.45, 2.75) is 52.1 Å². The molecule has 6 rings (SSSR count). The molecule has 3 aromatic rings. The van der Waals surface area contributed by atoms with Crippen molar-refractivity contribution in [3.63, 3.8) is 0 Å². The maximum Gasteiger partial charge on any atom is 0.326 e. The number of esters is 1. The number of piperazine rings is 1. The summed E-state index contributed by atoms with van der Waals surface area (Å²) >= 11 is 6.01. The van der Waals surface area contributed by atoms with Crippen LogP contribution in [0.2, 0.25) is 5.02 Å². The molecule has 0 radical (unpaired) electrons. The summed E-state index contributed by atoms with van der Waals surface area (Å²) in [5, 5.41) is 10.3. The molecule has 2 N–H and O–H groups in total. The normalized spacial score (nSPS) is 21.0. The second-order valence-electron chi connectivity index (χ2n) is 12.7. The first-order valence-electron chi connectivity index (χ1n) is 16.7. The summed E-state index contributed by atoms with van der Waals surface area (Å²) in [5.41, 5.74) is 10.7. The van der Waals surface area contributed by atoms with E-state index in [0.29, 0.717) is 56.2 Å². The van der Waals surface area contributed by atoms with Gasteiger partial charge in [-0.05, 0) is 92.8 Å². The number of rotatable bonds is 11. The van der Waals surface area contributed by atoms with Gasteiger partial charge in [0.1, 0.15) is 18.2 Å². The van der Waals surface area contributed by atoms with Gasteiger partial charge in [-0.1, -0.05) is 23.7 Å². The Hall–Kier alpha value is -3.91. The molecule has 2 fully saturated rings. The van der Waals surface area contributed by atoms with E-state index in [1.807, 2.05) is 30.3 Å². The third kappa shape index (κ3) is 7.64. The van der Waals surface area contributed by atoms with Crippen molar-refractivity contribution >= 4 is 29.3 Å². The summed E-state index contributed by atoms with van der Waals surface area (Å²) in [6, 6.07) is 16.1. The predicted octanol–water partition coefficient (Wildman–Crippen LogP) is 5.46. The summed E-state index contributed by atoms with van der Waals surface area (Å²) in [7, 11) is 0. The minimum absolute atomic E-state index is 0.294. The standard InChI is InChI=1S/C36H43ClN6O4/c1-2-46-34(44)36(24-38)13-11-26(12-14-36)22-45-20-19-42-15-17-43(18-16-42)33-31-9-5-27-21-29(47-23-25-3-6-28(37)7-4-25)8-10-30(27)32(31)40-35(39)41-33/h3-4,6-8,10,21,26H,2,5,9,11-20,22-23H2,1H3,(H2,39,40,41). The number of benzene rings is 2. The number of aryl methyl sites for hydroxylation is 1. The summed E-state index contributed by atoms with van der Waals surface area (Å²) in [4.78, 5) is 26.5. The average molecular weight is 659 g/mol. The van der Waals surface area contributed by atoms with Gasteiger partial charge in [0.25, 0.3) is 0 Å². The second kappa shape index (κ2) is 14.9. The van der Waals surface area contributed by atoms with Crippen LogP contribution in [0, 0.1) is 22.7 Å². The highest BCUT2D eigenvalue weighted by Gasteiger charge is 2.43. The topological polar surface area (TPSA) is 127 Å². The lowest BCUT2D eigenvalue weighted by Gasteiger charge is -2.37. The van der Waals surface area contributed by atoms with Gasteiger partial charge in [-0.3, -0.25) is 9.69 Å². The molecule has 47 heavy (non-hydrogen) atoms. The number of nitrogens with two attached hydrogens (primary N) is 1. The molecule has 1 aromatic heterocycles. The number of carbonyl (C=O) groups excluding carboxylic acids is 1. The number of nitrogen functional groups attached to an aromatic ring is 1. The van der Waals surface area contributed by atoms with E-state index >= 15 is 0 Å². The Kier molecular flexibility index (Phi) is 10.5. The van der Waals surface area contributed by atoms with Crippen molar-refractivity contribution in [2.75, 3.05) is 63.2 Å². The molecule has 1 saturated heterocycles. The lowest BCUT2D eigenvalue weighted by Crippen LogP contribution is -2.48. The van der Waals surface area contributed by atoms with Gasteiger partial charge in [-0.25, -0.2) is 4.98 Å². The molecule has 1 aliphatic heterocycles. The molecular formula is C36H43ClN6O4. The lowest BCUT2D eigenvalue weighted by molar-refractivity contribution is -0.154. The van der Waals surface area contributed by atoms with E-state index in [1.165, 1.54) is 5.56 Å². The van der Waals surface area contributed by atoms with Crippen LogP contribution in [0.3, 0.4) is 0 Å². The summed E-state index contributed by atoms with van der Waals surface area (Å²) in [5.74, 6) is 2.07. The predicted molar refractivity (Wildman–Crippen MR) is 181 cm³/mol. The maximum absolute atomic E-state index is 12.3. The van der Waals surface area contributed by atoms with Crippen LogP contribution in [0.4, 0.5) is 11.8 Å². The van der Waals surface area contributed by atoms with Gasteiger partial charge in [0.05, 0.1) is 25.0 Å². The zero-order valence-corrected chi connectivity index (χ0v) is 27.8. The molecule has 10 nitrogen and oxygen atoms in total. The Morgan fingerprint density at radius 3 is 2.57 bits per heavy atom. The zero-order valence-electron chi connectivity index (χ0n) is 27.0. The molecule has 0 amide bonds. The number of halogens is 1. The fourth-order valence-corrected chi connectivity index (χ4v) is 7.03. The van der Waals surface area contributed by atoms with E-state index in [9.17, 15) is 10.1 Å². The average Bonchev–Trinajstić information content (AvgIpc) is 3.10. The third-order valence-electron chi connectivity index (χ3n) is 9.71. The van der Waals surface area contributed by atoms with Crippen LogP contribution in [0.5, 0.6) is 5.75 Å². The highest BCUT2D eigenvalue weighted by Crippen LogP contribution is 2.40. The number of hydrogen-bond acceptors (Lipinski definition) is 10. The molecule has 1 saturated carbocycles. The monoisotopic (exact) mass is 658 g/mol. The van der Waals surface area contributed by atoms with Crippen LogP contribution >= 0.6 is 11.6 Å². The first-order valence-corrected chi connectivity index (χ1v) is 17.1. The number of fused-ring (bicyclic) bond motifs is 3. The Labute approximate surface area is 281 Å². The van der Waals surface area contributed by atoms with E-state index in [4.69, 9.17) is 41.5 Å². The first kappa shape index (κ1) is 33.0. The minimum atomic E-state index is -0.986. The molecule has 2 aromatic carbocycles. The van der Waals surface area contributed by atoms with Crippen LogP contribution < -0.4 is 15.4 Å². The Bertz CT molecular complexity index is 1590. The van der Waals surface area contributed by atoms with Gasteiger partial charge in [-0.15, -0.1) is 0 Å². The number of carbonyl (C=O) groups is 1. The molecule has 0 bridgehead atoms. The molecular weight excluding hydrogens is 616 g/mol. The highest BCUT2D eigenvalue weighted by atomic mass is 35.5. The number of nitriles is 1. The summed E-state index contributed by atoms with van der Waals surface area (Å²) in [6.45, 7) is 8.30. The lowest BCUT2D eigenvalue weighted by atomic mass is 9.71. The maximum atomic E-state index is 12.3. The van der Waals surface area contributed by atoms with Crippen LogP contribution in [0.1, 0.15) is 49.3 Å². The Morgan fingerprint density at radius 1 is 1.09 bits per heavy atom. The van der Waals surface area contributed by atoms with Gasteiger partial charge in [0.15, 0.2) is 5.41 Å². The molecule has 2 aliphatic carbocycles.